The van der Waals surface area contributed by atoms with Crippen LogP contribution < -0.4 is 5.32 Å². The molecular weight excluding hydrogens is 238 g/mol. The van der Waals surface area contributed by atoms with Crippen molar-refractivity contribution in [1.82, 2.24) is 5.32 Å². The molecule has 0 saturated carbocycles. The Bertz CT molecular complexity index is 335. The smallest absolute Gasteiger partial charge is 0.229 e. The molecule has 4 heteroatoms. The van der Waals surface area contributed by atoms with Crippen LogP contribution in [-0.2, 0) is 11.3 Å². The molecule has 0 heterocycles. The maximum atomic E-state index is 11.0. The third-order valence-corrected chi connectivity index (χ3v) is 3.23. The number of amides is 1. The summed E-state index contributed by atoms with van der Waals surface area (Å²) in [7, 11) is 0. The zero-order chi connectivity index (χ0) is 12.0. The zero-order valence-corrected chi connectivity index (χ0v) is 11.3. The highest BCUT2D eigenvalue weighted by atomic mass is 32.2. The first-order chi connectivity index (χ1) is 7.61. The van der Waals surface area contributed by atoms with Gasteiger partial charge in [0.1, 0.15) is 0 Å². The molecule has 1 aromatic carbocycles. The summed E-state index contributed by atoms with van der Waals surface area (Å²) < 4.78 is 0. The Labute approximate surface area is 107 Å². The number of benzene rings is 1. The summed E-state index contributed by atoms with van der Waals surface area (Å²) in [6.07, 6.45) is 0. The van der Waals surface area contributed by atoms with Crippen molar-refractivity contribution in [3.63, 3.8) is 0 Å². The van der Waals surface area contributed by atoms with E-state index in [-0.39, 0.29) is 11.7 Å². The number of thioether (sulfide) groups is 1. The zero-order valence-electron chi connectivity index (χ0n) is 9.56. The minimum absolute atomic E-state index is 0.0380. The first-order valence-corrected chi connectivity index (χ1v) is 6.76. The fourth-order valence-corrected chi connectivity index (χ4v) is 2.16. The van der Waals surface area contributed by atoms with Gasteiger partial charge >= 0.3 is 0 Å². The molecule has 88 valence electrons. The predicted octanol–water partition coefficient (Wildman–Crippen LogP) is 2.73. The van der Waals surface area contributed by atoms with E-state index in [9.17, 15) is 4.79 Å². The molecule has 1 rings (SSSR count). The molecule has 0 aliphatic heterocycles. The topological polar surface area (TPSA) is 29.1 Å². The normalized spacial score (nSPS) is 10.5. The van der Waals surface area contributed by atoms with E-state index in [0.29, 0.717) is 11.8 Å². The predicted molar refractivity (Wildman–Crippen MR) is 73.1 cm³/mol. The Morgan fingerprint density at radius 1 is 1.38 bits per heavy atom. The van der Waals surface area contributed by atoms with Gasteiger partial charge in [-0.25, -0.2) is 0 Å². The number of carbonyl (C=O) groups excluding carboxylic acids is 1. The fourth-order valence-electron chi connectivity index (χ4n) is 1.21. The average Bonchev–Trinajstić information content (AvgIpc) is 2.27. The quantitative estimate of drug-likeness (QED) is 0.626. The van der Waals surface area contributed by atoms with Crippen molar-refractivity contribution >= 4 is 30.3 Å². The number of hydrogen-bond donors (Lipinski definition) is 2. The van der Waals surface area contributed by atoms with Crippen LogP contribution in [0.25, 0.3) is 0 Å². The SMILES string of the molecule is CC(C)Sc1ccc(CNC(=O)CS)cc1. The second-order valence-electron chi connectivity index (χ2n) is 3.75. The van der Waals surface area contributed by atoms with Crippen LogP contribution in [0.15, 0.2) is 29.2 Å². The molecule has 0 spiro atoms. The number of hydrogen-bond acceptors (Lipinski definition) is 3. The van der Waals surface area contributed by atoms with Crippen molar-refractivity contribution in [2.24, 2.45) is 0 Å². The highest BCUT2D eigenvalue weighted by molar-refractivity contribution is 7.99. The molecule has 1 N–H and O–H groups in total. The third kappa shape index (κ3) is 4.94. The number of thiol groups is 1. The van der Waals surface area contributed by atoms with Crippen molar-refractivity contribution in [3.05, 3.63) is 29.8 Å². The summed E-state index contributed by atoms with van der Waals surface area (Å²) in [4.78, 5) is 12.3. The summed E-state index contributed by atoms with van der Waals surface area (Å²) in [5, 5.41) is 3.38. The van der Waals surface area contributed by atoms with Crippen molar-refractivity contribution in [3.8, 4) is 0 Å². The minimum atomic E-state index is -0.0380. The number of nitrogens with one attached hydrogen (secondary N) is 1. The lowest BCUT2D eigenvalue weighted by molar-refractivity contribution is -0.118. The summed E-state index contributed by atoms with van der Waals surface area (Å²) in [5.41, 5.74) is 1.11. The third-order valence-electron chi connectivity index (χ3n) is 1.93. The monoisotopic (exact) mass is 255 g/mol. The number of carbonyl (C=O) groups is 1. The molecule has 0 aromatic heterocycles. The molecule has 0 aliphatic rings. The summed E-state index contributed by atoms with van der Waals surface area (Å²) in [6, 6.07) is 8.27. The van der Waals surface area contributed by atoms with Gasteiger partial charge in [0.15, 0.2) is 0 Å². The van der Waals surface area contributed by atoms with E-state index in [4.69, 9.17) is 0 Å². The lowest BCUT2D eigenvalue weighted by Gasteiger charge is -2.07. The minimum Gasteiger partial charge on any atom is -0.351 e. The first-order valence-electron chi connectivity index (χ1n) is 5.25. The van der Waals surface area contributed by atoms with Crippen LogP contribution in [0.5, 0.6) is 0 Å². The van der Waals surface area contributed by atoms with Gasteiger partial charge < -0.3 is 5.32 Å². The molecule has 0 saturated heterocycles. The van der Waals surface area contributed by atoms with Gasteiger partial charge in [-0.1, -0.05) is 26.0 Å². The molecule has 0 bridgehead atoms. The molecule has 2 nitrogen and oxygen atoms in total. The van der Waals surface area contributed by atoms with Gasteiger partial charge in [-0.15, -0.1) is 11.8 Å². The van der Waals surface area contributed by atoms with E-state index in [2.05, 4.69) is 43.9 Å². The first kappa shape index (κ1) is 13.5. The van der Waals surface area contributed by atoms with E-state index in [1.165, 1.54) is 4.90 Å². The molecule has 0 fully saturated rings. The van der Waals surface area contributed by atoms with Gasteiger partial charge in [0.25, 0.3) is 0 Å². The molecule has 1 aromatic rings. The van der Waals surface area contributed by atoms with Crippen LogP contribution in [0.3, 0.4) is 0 Å². The molecule has 0 aliphatic carbocycles. The highest BCUT2D eigenvalue weighted by Crippen LogP contribution is 2.22. The summed E-state index contributed by atoms with van der Waals surface area (Å²) >= 11 is 5.74. The largest absolute Gasteiger partial charge is 0.351 e. The average molecular weight is 255 g/mol. The van der Waals surface area contributed by atoms with Gasteiger partial charge in [0.05, 0.1) is 5.75 Å². The maximum absolute atomic E-state index is 11.0. The summed E-state index contributed by atoms with van der Waals surface area (Å²) in [5.74, 6) is 0.199. The molecule has 0 atom stereocenters. The van der Waals surface area contributed by atoms with Crippen LogP contribution in [0.4, 0.5) is 0 Å². The lowest BCUT2D eigenvalue weighted by atomic mass is 10.2. The van der Waals surface area contributed by atoms with Crippen LogP contribution >= 0.6 is 24.4 Å². The van der Waals surface area contributed by atoms with Crippen LogP contribution in [0.1, 0.15) is 19.4 Å². The van der Waals surface area contributed by atoms with Gasteiger partial charge in [0, 0.05) is 16.7 Å². The van der Waals surface area contributed by atoms with Gasteiger partial charge in [-0.3, -0.25) is 4.79 Å². The van der Waals surface area contributed by atoms with E-state index in [0.717, 1.165) is 5.56 Å². The van der Waals surface area contributed by atoms with Crippen molar-refractivity contribution in [2.75, 3.05) is 5.75 Å². The molecular formula is C12H17NOS2. The Kier molecular flexibility index (Phi) is 5.77. The maximum Gasteiger partial charge on any atom is 0.229 e. The van der Waals surface area contributed by atoms with Crippen molar-refractivity contribution < 1.29 is 4.79 Å². The van der Waals surface area contributed by atoms with Crippen molar-refractivity contribution in [2.45, 2.75) is 30.5 Å². The summed E-state index contributed by atoms with van der Waals surface area (Å²) in [6.45, 7) is 4.92. The molecule has 0 unspecified atom stereocenters. The van der Waals surface area contributed by atoms with Gasteiger partial charge in [-0.05, 0) is 17.7 Å². The van der Waals surface area contributed by atoms with Crippen molar-refractivity contribution in [1.29, 1.82) is 0 Å². The van der Waals surface area contributed by atoms with Crippen LogP contribution in [-0.4, -0.2) is 16.9 Å². The Morgan fingerprint density at radius 2 is 2.00 bits per heavy atom. The highest BCUT2D eigenvalue weighted by Gasteiger charge is 2.00. The second kappa shape index (κ2) is 6.86. The fraction of sp³-hybridized carbons (Fsp3) is 0.417. The van der Waals surface area contributed by atoms with Crippen LogP contribution in [0, 0.1) is 0 Å². The second-order valence-corrected chi connectivity index (χ2v) is 5.71. The molecule has 1 amide bonds. The van der Waals surface area contributed by atoms with Gasteiger partial charge in [0.2, 0.25) is 5.91 Å². The van der Waals surface area contributed by atoms with E-state index in [1.807, 2.05) is 23.9 Å². The van der Waals surface area contributed by atoms with E-state index in [1.54, 1.807) is 0 Å². The Morgan fingerprint density at radius 3 is 2.50 bits per heavy atom. The van der Waals surface area contributed by atoms with E-state index < -0.39 is 0 Å². The lowest BCUT2D eigenvalue weighted by Crippen LogP contribution is -2.23. The molecule has 16 heavy (non-hydrogen) atoms. The Hall–Kier alpha value is -0.610. The standard InChI is InChI=1S/C12H17NOS2/c1-9(2)16-11-5-3-10(4-6-11)7-13-12(14)8-15/h3-6,9,15H,7-8H2,1-2H3,(H,13,14). The Balaban J connectivity index is 2.48. The molecule has 0 radical (unpaired) electrons. The number of rotatable bonds is 5. The van der Waals surface area contributed by atoms with E-state index >= 15 is 0 Å². The van der Waals surface area contributed by atoms with Crippen LogP contribution in [0.2, 0.25) is 0 Å². The van der Waals surface area contributed by atoms with Gasteiger partial charge in [-0.2, -0.15) is 12.6 Å².